The Morgan fingerprint density at radius 1 is 0.808 bits per heavy atom. The number of carbonyl (C=O) groups excluding carboxylic acids is 1. The van der Waals surface area contributed by atoms with Gasteiger partial charge in [0.05, 0.1) is 5.92 Å². The Hall–Kier alpha value is -3.21. The summed E-state index contributed by atoms with van der Waals surface area (Å²) in [4.78, 5) is 13.0. The first-order valence-corrected chi connectivity index (χ1v) is 8.80. The topological polar surface area (TPSA) is 66.9 Å². The average molecular weight is 344 g/mol. The fourth-order valence-corrected chi connectivity index (χ4v) is 2.90. The molecule has 2 N–H and O–H groups in total. The predicted octanol–water partition coefficient (Wildman–Crippen LogP) is 3.82. The Morgan fingerprint density at radius 3 is 1.85 bits per heavy atom. The van der Waals surface area contributed by atoms with Crippen molar-refractivity contribution in [1.82, 2.24) is 10.2 Å². The van der Waals surface area contributed by atoms with Crippen molar-refractivity contribution in [1.29, 1.82) is 0 Å². The first-order chi connectivity index (χ1) is 12.8. The molecule has 2 aromatic carbocycles. The Labute approximate surface area is 152 Å². The van der Waals surface area contributed by atoms with Gasteiger partial charge >= 0.3 is 0 Å². The molecule has 1 aliphatic carbocycles. The quantitative estimate of drug-likeness (QED) is 0.713. The summed E-state index contributed by atoms with van der Waals surface area (Å²) in [5.74, 6) is 0.671. The van der Waals surface area contributed by atoms with Gasteiger partial charge in [0.25, 0.3) is 0 Å². The fourth-order valence-electron chi connectivity index (χ4n) is 2.90. The van der Waals surface area contributed by atoms with Gasteiger partial charge in [-0.15, -0.1) is 10.2 Å². The molecular formula is C21H20N4O. The molecule has 1 aromatic heterocycles. The molecule has 130 valence electrons. The molecule has 1 aliphatic rings. The first kappa shape index (κ1) is 16.3. The van der Waals surface area contributed by atoms with Gasteiger partial charge in [0, 0.05) is 6.04 Å². The Morgan fingerprint density at radius 2 is 1.35 bits per heavy atom. The molecule has 0 spiro atoms. The Balaban J connectivity index is 1.54. The van der Waals surface area contributed by atoms with Crippen molar-refractivity contribution in [2.75, 3.05) is 10.6 Å². The van der Waals surface area contributed by atoms with E-state index in [1.54, 1.807) is 6.07 Å². The first-order valence-electron chi connectivity index (χ1n) is 8.80. The minimum Gasteiger partial charge on any atom is -0.366 e. The van der Waals surface area contributed by atoms with Gasteiger partial charge < -0.3 is 10.6 Å². The molecule has 4 rings (SSSR count). The van der Waals surface area contributed by atoms with Crippen LogP contribution in [0.15, 0.2) is 72.8 Å². The summed E-state index contributed by atoms with van der Waals surface area (Å²) < 4.78 is 0. The van der Waals surface area contributed by atoms with Crippen LogP contribution in [0.4, 0.5) is 11.6 Å². The normalized spacial score (nSPS) is 13.4. The molecule has 0 saturated heterocycles. The minimum absolute atomic E-state index is 0.125. The summed E-state index contributed by atoms with van der Waals surface area (Å²) in [6, 6.07) is 23.7. The second-order valence-corrected chi connectivity index (χ2v) is 6.47. The lowest BCUT2D eigenvalue weighted by atomic mass is 9.90. The second kappa shape index (κ2) is 7.35. The van der Waals surface area contributed by atoms with Crippen LogP contribution in [0.2, 0.25) is 0 Å². The van der Waals surface area contributed by atoms with Crippen LogP contribution in [0.3, 0.4) is 0 Å². The van der Waals surface area contributed by atoms with Crippen LogP contribution >= 0.6 is 0 Å². The van der Waals surface area contributed by atoms with Crippen molar-refractivity contribution in [3.8, 4) is 0 Å². The largest absolute Gasteiger partial charge is 0.366 e. The number of hydrogen-bond donors (Lipinski definition) is 2. The second-order valence-electron chi connectivity index (χ2n) is 6.47. The maximum atomic E-state index is 13.0. The molecule has 0 aliphatic heterocycles. The molecule has 5 nitrogen and oxygen atoms in total. The maximum Gasteiger partial charge on any atom is 0.237 e. The molecule has 1 fully saturated rings. The highest BCUT2D eigenvalue weighted by Gasteiger charge is 2.24. The lowest BCUT2D eigenvalue weighted by Crippen LogP contribution is -2.23. The lowest BCUT2D eigenvalue weighted by Gasteiger charge is -2.17. The van der Waals surface area contributed by atoms with Crippen molar-refractivity contribution in [2.45, 2.75) is 24.8 Å². The molecule has 0 unspecified atom stereocenters. The Kier molecular flexibility index (Phi) is 4.60. The number of benzene rings is 2. The molecule has 1 saturated carbocycles. The number of carbonyl (C=O) groups is 1. The van der Waals surface area contributed by atoms with Crippen LogP contribution in [0.25, 0.3) is 0 Å². The summed E-state index contributed by atoms with van der Waals surface area (Å²) in [7, 11) is 0. The molecule has 0 bridgehead atoms. The van der Waals surface area contributed by atoms with E-state index < -0.39 is 5.92 Å². The van der Waals surface area contributed by atoms with E-state index in [4.69, 9.17) is 0 Å². The van der Waals surface area contributed by atoms with E-state index in [1.165, 1.54) is 12.8 Å². The van der Waals surface area contributed by atoms with Crippen molar-refractivity contribution in [3.05, 3.63) is 83.9 Å². The summed E-state index contributed by atoms with van der Waals surface area (Å²) in [5, 5.41) is 14.4. The van der Waals surface area contributed by atoms with Crippen LogP contribution in [0.1, 0.15) is 29.9 Å². The highest BCUT2D eigenvalue weighted by atomic mass is 16.2. The number of rotatable bonds is 6. The molecule has 0 radical (unpaired) electrons. The SMILES string of the molecule is O=C(Nc1ccc(NC2CC2)nn1)C(c1ccccc1)c1ccccc1. The van der Waals surface area contributed by atoms with Gasteiger partial charge in [-0.25, -0.2) is 0 Å². The van der Waals surface area contributed by atoms with Crippen LogP contribution in [-0.4, -0.2) is 22.1 Å². The van der Waals surface area contributed by atoms with Crippen molar-refractivity contribution >= 4 is 17.5 Å². The van der Waals surface area contributed by atoms with Crippen molar-refractivity contribution < 1.29 is 4.79 Å². The highest BCUT2D eigenvalue weighted by molar-refractivity contribution is 5.97. The van der Waals surface area contributed by atoms with Gasteiger partial charge in [0.2, 0.25) is 5.91 Å². The monoisotopic (exact) mass is 344 g/mol. The third-order valence-corrected chi connectivity index (χ3v) is 4.37. The molecule has 5 heteroatoms. The number of hydrogen-bond acceptors (Lipinski definition) is 4. The van der Waals surface area contributed by atoms with E-state index in [2.05, 4.69) is 20.8 Å². The Bertz CT molecular complexity index is 822. The summed E-state index contributed by atoms with van der Waals surface area (Å²) in [6.45, 7) is 0. The third kappa shape index (κ3) is 3.88. The van der Waals surface area contributed by atoms with Crippen LogP contribution in [-0.2, 0) is 4.79 Å². The zero-order valence-corrected chi connectivity index (χ0v) is 14.3. The van der Waals surface area contributed by atoms with Crippen LogP contribution in [0.5, 0.6) is 0 Å². The third-order valence-electron chi connectivity index (χ3n) is 4.37. The van der Waals surface area contributed by atoms with Crippen molar-refractivity contribution in [3.63, 3.8) is 0 Å². The van der Waals surface area contributed by atoms with Gasteiger partial charge in [-0.3, -0.25) is 4.79 Å². The highest BCUT2D eigenvalue weighted by Crippen LogP contribution is 2.26. The fraction of sp³-hybridized carbons (Fsp3) is 0.190. The standard InChI is InChI=1S/C21H20N4O/c26-21(23-19-14-13-18(24-25-19)22-17-11-12-17)20(15-7-3-1-4-8-15)16-9-5-2-6-10-16/h1-10,13-14,17,20H,11-12H2,(H,22,24)(H,23,25,26). The summed E-state index contributed by atoms with van der Waals surface area (Å²) >= 11 is 0. The van der Waals surface area contributed by atoms with E-state index in [1.807, 2.05) is 66.7 Å². The molecule has 3 aromatic rings. The number of anilines is 2. The minimum atomic E-state index is -0.400. The molecule has 1 heterocycles. The number of aromatic nitrogens is 2. The van der Waals surface area contributed by atoms with E-state index in [9.17, 15) is 4.79 Å². The van der Waals surface area contributed by atoms with Gasteiger partial charge in [0.15, 0.2) is 5.82 Å². The molecular weight excluding hydrogens is 324 g/mol. The summed E-state index contributed by atoms with van der Waals surface area (Å²) in [5.41, 5.74) is 1.88. The average Bonchev–Trinajstić information content (AvgIpc) is 3.49. The van der Waals surface area contributed by atoms with Crippen LogP contribution in [0, 0.1) is 0 Å². The smallest absolute Gasteiger partial charge is 0.237 e. The maximum absolute atomic E-state index is 13.0. The van der Waals surface area contributed by atoms with E-state index in [-0.39, 0.29) is 5.91 Å². The molecule has 26 heavy (non-hydrogen) atoms. The van der Waals surface area contributed by atoms with Crippen molar-refractivity contribution in [2.24, 2.45) is 0 Å². The number of nitrogens with one attached hydrogen (secondary N) is 2. The number of nitrogens with zero attached hydrogens (tertiary/aromatic N) is 2. The predicted molar refractivity (Wildman–Crippen MR) is 102 cm³/mol. The molecule has 0 atom stereocenters. The van der Waals surface area contributed by atoms with Gasteiger partial charge in [-0.1, -0.05) is 60.7 Å². The van der Waals surface area contributed by atoms with E-state index >= 15 is 0 Å². The molecule has 1 amide bonds. The van der Waals surface area contributed by atoms with Gasteiger partial charge in [-0.2, -0.15) is 0 Å². The van der Waals surface area contributed by atoms with E-state index in [0.29, 0.717) is 11.9 Å². The zero-order chi connectivity index (χ0) is 17.8. The lowest BCUT2D eigenvalue weighted by molar-refractivity contribution is -0.116. The van der Waals surface area contributed by atoms with Crippen LogP contribution < -0.4 is 10.6 Å². The van der Waals surface area contributed by atoms with Gasteiger partial charge in [0.1, 0.15) is 5.82 Å². The summed E-state index contributed by atoms with van der Waals surface area (Å²) in [6.07, 6.45) is 2.35. The van der Waals surface area contributed by atoms with E-state index in [0.717, 1.165) is 16.9 Å². The number of amides is 1. The van der Waals surface area contributed by atoms with Gasteiger partial charge in [-0.05, 0) is 36.1 Å². The zero-order valence-electron chi connectivity index (χ0n) is 14.3.